The largest absolute Gasteiger partial charge is 0.490 e. The number of para-hydroxylation sites is 1. The van der Waals surface area contributed by atoms with E-state index < -0.39 is 26.9 Å². The zero-order valence-electron chi connectivity index (χ0n) is 20.3. The van der Waals surface area contributed by atoms with Gasteiger partial charge in [0.15, 0.2) is 0 Å². The molecule has 4 rings (SSSR count). The van der Waals surface area contributed by atoms with Gasteiger partial charge in [-0.05, 0) is 36.5 Å². The van der Waals surface area contributed by atoms with Gasteiger partial charge in [0.05, 0.1) is 12.8 Å². The highest BCUT2D eigenvalue weighted by molar-refractivity contribution is 7.94. The highest BCUT2D eigenvalue weighted by Crippen LogP contribution is 2.52. The lowest BCUT2D eigenvalue weighted by Crippen LogP contribution is -2.48. The monoisotopic (exact) mass is 529 g/mol. The van der Waals surface area contributed by atoms with Crippen molar-refractivity contribution in [2.45, 2.75) is 44.2 Å². The quantitative estimate of drug-likeness (QED) is 0.625. The Kier molecular flexibility index (Phi) is 8.19. The Balaban J connectivity index is 0.000000454. The summed E-state index contributed by atoms with van der Waals surface area (Å²) in [5.74, 6) is -1.85. The molecule has 0 unspecified atom stereocenters. The van der Waals surface area contributed by atoms with E-state index in [0.29, 0.717) is 31.8 Å². The molecule has 0 radical (unpaired) electrons. The average Bonchev–Trinajstić information content (AvgIpc) is 2.99. The number of fused-ring (bicyclic) bond motifs is 2. The molecule has 0 bridgehead atoms. The van der Waals surface area contributed by atoms with Gasteiger partial charge in [-0.2, -0.15) is 13.2 Å². The summed E-state index contributed by atoms with van der Waals surface area (Å²) < 4.78 is 65.4. The fraction of sp³-hybridized carbons (Fsp3) is 0.500. The summed E-state index contributed by atoms with van der Waals surface area (Å²) in [4.78, 5) is 15.5. The fourth-order valence-corrected chi connectivity index (χ4v) is 7.14. The molecule has 1 aromatic carbocycles. The minimum atomic E-state index is -5.08. The van der Waals surface area contributed by atoms with Crippen LogP contribution in [0.4, 0.5) is 18.9 Å². The molecule has 8 nitrogen and oxygen atoms in total. The van der Waals surface area contributed by atoms with Crippen molar-refractivity contribution in [2.24, 2.45) is 5.92 Å². The van der Waals surface area contributed by atoms with Crippen molar-refractivity contribution in [3.05, 3.63) is 53.7 Å². The Labute approximate surface area is 208 Å². The van der Waals surface area contributed by atoms with Gasteiger partial charge in [0.1, 0.15) is 4.75 Å². The van der Waals surface area contributed by atoms with Crippen LogP contribution in [0, 0.1) is 5.92 Å². The molecule has 3 heterocycles. The number of hydrogen-bond acceptors (Lipinski definition) is 6. The third kappa shape index (κ3) is 5.44. The van der Waals surface area contributed by atoms with Crippen LogP contribution in [0.2, 0.25) is 0 Å². The van der Waals surface area contributed by atoms with E-state index in [0.717, 1.165) is 29.9 Å². The summed E-state index contributed by atoms with van der Waals surface area (Å²) in [7, 11) is -1.82. The van der Waals surface area contributed by atoms with Gasteiger partial charge in [0.25, 0.3) is 0 Å². The molecule has 2 aliphatic heterocycles. The number of ether oxygens (including phenoxy) is 1. The summed E-state index contributed by atoms with van der Waals surface area (Å²) in [6.07, 6.45) is -2.16. The van der Waals surface area contributed by atoms with E-state index >= 15 is 0 Å². The predicted octanol–water partition coefficient (Wildman–Crippen LogP) is 4.02. The fourth-order valence-electron chi connectivity index (χ4n) is 4.65. The standard InChI is InChI=1S/C22H29N3O3S.C2HF3O2/c1-17(2)15-25-20-9-5-4-8-19(20)22(29(25,26)27)10-13-24(14-11-22)16-18-7-6-12-23-21(18)28-3;3-2(4,5)1(6)7/h4-9,12,17H,10-11,13-16H2,1-3H3;(H,6,7). The normalized spacial score (nSPS) is 18.5. The number of alkyl halides is 3. The second kappa shape index (κ2) is 10.6. The number of methoxy groups -OCH3 is 1. The lowest BCUT2D eigenvalue weighted by molar-refractivity contribution is -0.192. The number of benzene rings is 1. The number of piperidine rings is 1. The number of carboxylic acid groups (broad SMARTS) is 1. The Morgan fingerprint density at radius 3 is 2.33 bits per heavy atom. The minimum absolute atomic E-state index is 0.270. The lowest BCUT2D eigenvalue weighted by atomic mass is 9.87. The van der Waals surface area contributed by atoms with E-state index in [9.17, 15) is 21.6 Å². The van der Waals surface area contributed by atoms with E-state index in [-0.39, 0.29) is 5.92 Å². The number of sulfonamides is 1. The van der Waals surface area contributed by atoms with E-state index in [4.69, 9.17) is 14.6 Å². The molecule has 0 saturated carbocycles. The molecule has 0 atom stereocenters. The van der Waals surface area contributed by atoms with Crippen LogP contribution in [-0.4, -0.2) is 62.3 Å². The van der Waals surface area contributed by atoms with Crippen LogP contribution in [0.5, 0.6) is 5.88 Å². The molecule has 2 aromatic rings. The van der Waals surface area contributed by atoms with Crippen LogP contribution in [0.15, 0.2) is 42.6 Å². The van der Waals surface area contributed by atoms with E-state index in [1.807, 2.05) is 36.4 Å². The van der Waals surface area contributed by atoms with Crippen LogP contribution in [0.1, 0.15) is 37.8 Å². The van der Waals surface area contributed by atoms with Crippen molar-refractivity contribution < 1.29 is 36.2 Å². The number of rotatable bonds is 5. The van der Waals surface area contributed by atoms with Gasteiger partial charge in [-0.15, -0.1) is 0 Å². The number of hydrogen-bond donors (Lipinski definition) is 1. The van der Waals surface area contributed by atoms with Gasteiger partial charge >= 0.3 is 12.1 Å². The molecule has 198 valence electrons. The first-order valence-electron chi connectivity index (χ1n) is 11.5. The first kappa shape index (κ1) is 27.7. The Hall–Kier alpha value is -2.86. The Morgan fingerprint density at radius 2 is 1.78 bits per heavy atom. The number of aromatic nitrogens is 1. The second-order valence-electron chi connectivity index (χ2n) is 9.19. The van der Waals surface area contributed by atoms with Gasteiger partial charge in [-0.25, -0.2) is 18.2 Å². The van der Waals surface area contributed by atoms with Crippen LogP contribution in [0.3, 0.4) is 0 Å². The summed E-state index contributed by atoms with van der Waals surface area (Å²) >= 11 is 0. The van der Waals surface area contributed by atoms with Crippen molar-refractivity contribution in [3.8, 4) is 5.88 Å². The number of nitrogens with zero attached hydrogens (tertiary/aromatic N) is 3. The first-order valence-corrected chi connectivity index (χ1v) is 12.9. The van der Waals surface area contributed by atoms with Crippen molar-refractivity contribution in [1.29, 1.82) is 0 Å². The summed E-state index contributed by atoms with van der Waals surface area (Å²) in [6, 6.07) is 11.8. The number of likely N-dealkylation sites (tertiary alicyclic amines) is 1. The highest BCUT2D eigenvalue weighted by atomic mass is 32.2. The number of carbonyl (C=O) groups is 1. The second-order valence-corrected chi connectivity index (χ2v) is 11.4. The molecule has 1 aromatic heterocycles. The number of halogens is 3. The van der Waals surface area contributed by atoms with Gasteiger partial charge in [-0.3, -0.25) is 9.21 Å². The van der Waals surface area contributed by atoms with E-state index in [1.165, 1.54) is 0 Å². The zero-order valence-corrected chi connectivity index (χ0v) is 21.1. The smallest absolute Gasteiger partial charge is 0.481 e. The summed E-state index contributed by atoms with van der Waals surface area (Å²) in [5.41, 5.74) is 2.87. The average molecular weight is 530 g/mol. The van der Waals surface area contributed by atoms with Crippen molar-refractivity contribution in [1.82, 2.24) is 9.88 Å². The highest BCUT2D eigenvalue weighted by Gasteiger charge is 2.56. The van der Waals surface area contributed by atoms with Gasteiger partial charge in [-0.1, -0.05) is 38.1 Å². The van der Waals surface area contributed by atoms with Crippen molar-refractivity contribution in [3.63, 3.8) is 0 Å². The summed E-state index contributed by atoms with van der Waals surface area (Å²) in [5, 5.41) is 7.12. The molecule has 1 saturated heterocycles. The third-order valence-electron chi connectivity index (χ3n) is 6.32. The molecule has 1 N–H and O–H groups in total. The molecule has 2 aliphatic rings. The maximum Gasteiger partial charge on any atom is 0.490 e. The Bertz CT molecular complexity index is 1180. The molecule has 12 heteroatoms. The molecular formula is C24H30F3N3O5S. The molecular weight excluding hydrogens is 499 g/mol. The lowest BCUT2D eigenvalue weighted by Gasteiger charge is -2.39. The number of carboxylic acids is 1. The number of aliphatic carboxylic acids is 1. The Morgan fingerprint density at radius 1 is 1.17 bits per heavy atom. The SMILES string of the molecule is COc1ncccc1CN1CCC2(CC1)c1ccccc1N(CC(C)C)S2(=O)=O.O=C(O)C(F)(F)F. The maximum absolute atomic E-state index is 13.7. The van der Waals surface area contributed by atoms with Gasteiger partial charge in [0, 0.05) is 37.9 Å². The van der Waals surface area contributed by atoms with Crippen molar-refractivity contribution in [2.75, 3.05) is 31.0 Å². The van der Waals surface area contributed by atoms with Gasteiger partial charge < -0.3 is 9.84 Å². The van der Waals surface area contributed by atoms with Crippen LogP contribution >= 0.6 is 0 Å². The first-order chi connectivity index (χ1) is 16.8. The third-order valence-corrected chi connectivity index (χ3v) is 8.86. The molecule has 0 amide bonds. The molecule has 1 spiro atoms. The van der Waals surface area contributed by atoms with Crippen molar-refractivity contribution >= 4 is 21.7 Å². The molecule has 0 aliphatic carbocycles. The van der Waals surface area contributed by atoms with Gasteiger partial charge in [0.2, 0.25) is 15.9 Å². The minimum Gasteiger partial charge on any atom is -0.481 e. The van der Waals surface area contributed by atoms with Crippen LogP contribution < -0.4 is 9.04 Å². The number of pyridine rings is 1. The zero-order chi connectivity index (χ0) is 26.7. The maximum atomic E-state index is 13.7. The number of anilines is 1. The van der Waals surface area contributed by atoms with E-state index in [1.54, 1.807) is 17.6 Å². The molecule has 36 heavy (non-hydrogen) atoms. The van der Waals surface area contributed by atoms with Crippen LogP contribution in [-0.2, 0) is 26.1 Å². The molecule has 1 fully saturated rings. The topological polar surface area (TPSA) is 100 Å². The predicted molar refractivity (Wildman–Crippen MR) is 128 cm³/mol. The summed E-state index contributed by atoms with van der Waals surface area (Å²) in [6.45, 7) is 6.81. The van der Waals surface area contributed by atoms with E-state index in [2.05, 4.69) is 23.7 Å². The van der Waals surface area contributed by atoms with Crippen LogP contribution in [0.25, 0.3) is 0 Å².